The molecule has 0 amide bonds. The average Bonchev–Trinajstić information content (AvgIpc) is 3.06. The predicted molar refractivity (Wildman–Crippen MR) is 74.7 cm³/mol. The molecular formula is C15H17N3O. The van der Waals surface area contributed by atoms with Gasteiger partial charge in [0.05, 0.1) is 0 Å². The molecule has 1 aromatic carbocycles. The Balaban J connectivity index is 1.79. The van der Waals surface area contributed by atoms with E-state index in [4.69, 9.17) is 4.42 Å². The molecule has 0 spiro atoms. The molecule has 0 radical (unpaired) electrons. The van der Waals surface area contributed by atoms with Crippen molar-refractivity contribution in [1.82, 2.24) is 15.5 Å². The lowest BCUT2D eigenvalue weighted by atomic mass is 10.1. The Morgan fingerprint density at radius 1 is 1.21 bits per heavy atom. The first-order valence-corrected chi connectivity index (χ1v) is 6.56. The molecule has 0 unspecified atom stereocenters. The van der Waals surface area contributed by atoms with Crippen molar-refractivity contribution in [2.75, 3.05) is 0 Å². The molecule has 0 saturated heterocycles. The molecule has 4 heteroatoms. The second kappa shape index (κ2) is 5.28. The Morgan fingerprint density at radius 2 is 2.11 bits per heavy atom. The first-order chi connectivity index (χ1) is 9.38. The van der Waals surface area contributed by atoms with Crippen molar-refractivity contribution in [3.05, 3.63) is 53.5 Å². The van der Waals surface area contributed by atoms with Crippen molar-refractivity contribution >= 4 is 11.0 Å². The van der Waals surface area contributed by atoms with Crippen molar-refractivity contribution in [2.24, 2.45) is 0 Å². The summed E-state index contributed by atoms with van der Waals surface area (Å²) >= 11 is 0. The van der Waals surface area contributed by atoms with Crippen LogP contribution in [0.15, 0.2) is 40.9 Å². The molecule has 3 aromatic rings. The van der Waals surface area contributed by atoms with Gasteiger partial charge in [0.2, 0.25) is 0 Å². The van der Waals surface area contributed by atoms with E-state index in [1.54, 1.807) is 6.20 Å². The Hall–Kier alpha value is -2.07. The van der Waals surface area contributed by atoms with Gasteiger partial charge in [-0.05, 0) is 12.1 Å². The van der Waals surface area contributed by atoms with E-state index < -0.39 is 0 Å². The third kappa shape index (κ3) is 2.39. The highest BCUT2D eigenvalue weighted by Gasteiger charge is 2.11. The standard InChI is InChI=1S/C15H17N3O/c1-2-14-13(10-16-9-11-7-8-17-18-11)12-5-3-4-6-15(12)19-14/h3-8,16H,2,9-10H2,1H3,(H,17,18). The Kier molecular flexibility index (Phi) is 3.33. The smallest absolute Gasteiger partial charge is 0.134 e. The summed E-state index contributed by atoms with van der Waals surface area (Å²) < 4.78 is 5.88. The normalized spacial score (nSPS) is 11.2. The fourth-order valence-corrected chi connectivity index (χ4v) is 2.33. The van der Waals surface area contributed by atoms with Gasteiger partial charge in [-0.3, -0.25) is 5.10 Å². The molecule has 19 heavy (non-hydrogen) atoms. The molecule has 0 atom stereocenters. The molecule has 0 aliphatic rings. The van der Waals surface area contributed by atoms with Crippen molar-refractivity contribution in [3.8, 4) is 0 Å². The van der Waals surface area contributed by atoms with Crippen LogP contribution in [0, 0.1) is 0 Å². The molecule has 2 aromatic heterocycles. The summed E-state index contributed by atoms with van der Waals surface area (Å²) in [6, 6.07) is 10.2. The minimum absolute atomic E-state index is 0.780. The minimum atomic E-state index is 0.780. The van der Waals surface area contributed by atoms with Crippen LogP contribution >= 0.6 is 0 Å². The van der Waals surface area contributed by atoms with Gasteiger partial charge in [0, 0.05) is 42.4 Å². The molecular weight excluding hydrogens is 238 g/mol. The maximum Gasteiger partial charge on any atom is 0.134 e. The number of aromatic amines is 1. The van der Waals surface area contributed by atoms with Gasteiger partial charge in [-0.2, -0.15) is 5.10 Å². The van der Waals surface area contributed by atoms with E-state index >= 15 is 0 Å². The van der Waals surface area contributed by atoms with Crippen LogP contribution < -0.4 is 5.32 Å². The lowest BCUT2D eigenvalue weighted by Gasteiger charge is -2.03. The number of furan rings is 1. The van der Waals surface area contributed by atoms with Gasteiger partial charge in [0.1, 0.15) is 11.3 Å². The number of nitrogens with zero attached hydrogens (tertiary/aromatic N) is 1. The summed E-state index contributed by atoms with van der Waals surface area (Å²) in [6.45, 7) is 3.71. The molecule has 0 fully saturated rings. The van der Waals surface area contributed by atoms with E-state index in [1.165, 1.54) is 10.9 Å². The molecule has 4 nitrogen and oxygen atoms in total. The minimum Gasteiger partial charge on any atom is -0.461 e. The molecule has 98 valence electrons. The SMILES string of the molecule is CCc1oc2ccccc2c1CNCc1ccn[nH]1. The second-order valence-electron chi connectivity index (χ2n) is 4.54. The van der Waals surface area contributed by atoms with Crippen LogP contribution in [0.25, 0.3) is 11.0 Å². The van der Waals surface area contributed by atoms with Crippen LogP contribution in [0.5, 0.6) is 0 Å². The van der Waals surface area contributed by atoms with Gasteiger partial charge in [-0.15, -0.1) is 0 Å². The third-order valence-corrected chi connectivity index (χ3v) is 3.28. The lowest BCUT2D eigenvalue weighted by Crippen LogP contribution is -2.13. The zero-order valence-corrected chi connectivity index (χ0v) is 10.9. The average molecular weight is 255 g/mol. The summed E-state index contributed by atoms with van der Waals surface area (Å²) in [5.41, 5.74) is 3.32. The van der Waals surface area contributed by atoms with Gasteiger partial charge >= 0.3 is 0 Å². The van der Waals surface area contributed by atoms with Gasteiger partial charge in [0.15, 0.2) is 0 Å². The predicted octanol–water partition coefficient (Wildman–Crippen LogP) is 3.01. The maximum atomic E-state index is 5.88. The largest absolute Gasteiger partial charge is 0.461 e. The number of aryl methyl sites for hydroxylation is 1. The number of rotatable bonds is 5. The van der Waals surface area contributed by atoms with Crippen LogP contribution in [0.3, 0.4) is 0 Å². The maximum absolute atomic E-state index is 5.88. The number of nitrogens with one attached hydrogen (secondary N) is 2. The highest BCUT2D eigenvalue weighted by molar-refractivity contribution is 5.82. The van der Waals surface area contributed by atoms with Crippen LogP contribution in [0.2, 0.25) is 0 Å². The number of aromatic nitrogens is 2. The first-order valence-electron chi connectivity index (χ1n) is 6.56. The van der Waals surface area contributed by atoms with Crippen LogP contribution in [-0.2, 0) is 19.5 Å². The zero-order valence-electron chi connectivity index (χ0n) is 10.9. The number of benzene rings is 1. The third-order valence-electron chi connectivity index (χ3n) is 3.28. The molecule has 0 aliphatic heterocycles. The zero-order chi connectivity index (χ0) is 13.1. The van der Waals surface area contributed by atoms with Crippen LogP contribution in [-0.4, -0.2) is 10.2 Å². The molecule has 3 rings (SSSR count). The number of H-pyrrole nitrogens is 1. The van der Waals surface area contributed by atoms with Gasteiger partial charge in [0.25, 0.3) is 0 Å². The van der Waals surface area contributed by atoms with E-state index in [1.807, 2.05) is 18.2 Å². The topological polar surface area (TPSA) is 53.9 Å². The first kappa shape index (κ1) is 12.0. The molecule has 0 saturated carbocycles. The molecule has 2 heterocycles. The second-order valence-corrected chi connectivity index (χ2v) is 4.54. The monoisotopic (exact) mass is 255 g/mol. The Morgan fingerprint density at radius 3 is 2.89 bits per heavy atom. The van der Waals surface area contributed by atoms with E-state index in [9.17, 15) is 0 Å². The molecule has 0 bridgehead atoms. The van der Waals surface area contributed by atoms with E-state index in [0.717, 1.165) is 36.5 Å². The van der Waals surface area contributed by atoms with Crippen molar-refractivity contribution in [2.45, 2.75) is 26.4 Å². The molecule has 2 N–H and O–H groups in total. The van der Waals surface area contributed by atoms with Gasteiger partial charge < -0.3 is 9.73 Å². The lowest BCUT2D eigenvalue weighted by molar-refractivity contribution is 0.543. The van der Waals surface area contributed by atoms with Crippen LogP contribution in [0.4, 0.5) is 0 Å². The summed E-state index contributed by atoms with van der Waals surface area (Å²) in [5, 5.41) is 11.5. The van der Waals surface area contributed by atoms with E-state index in [-0.39, 0.29) is 0 Å². The number of hydrogen-bond donors (Lipinski definition) is 2. The quantitative estimate of drug-likeness (QED) is 0.737. The number of fused-ring (bicyclic) bond motifs is 1. The Labute approximate surface area is 111 Å². The summed E-state index contributed by atoms with van der Waals surface area (Å²) in [7, 11) is 0. The van der Waals surface area contributed by atoms with Gasteiger partial charge in [-0.1, -0.05) is 25.1 Å². The Bertz CT molecular complexity index is 655. The number of para-hydroxylation sites is 1. The van der Waals surface area contributed by atoms with Crippen molar-refractivity contribution < 1.29 is 4.42 Å². The fourth-order valence-electron chi connectivity index (χ4n) is 2.33. The highest BCUT2D eigenvalue weighted by Crippen LogP contribution is 2.26. The van der Waals surface area contributed by atoms with E-state index in [0.29, 0.717) is 0 Å². The highest BCUT2D eigenvalue weighted by atomic mass is 16.3. The van der Waals surface area contributed by atoms with Gasteiger partial charge in [-0.25, -0.2) is 0 Å². The molecule has 0 aliphatic carbocycles. The summed E-state index contributed by atoms with van der Waals surface area (Å²) in [5.74, 6) is 1.07. The van der Waals surface area contributed by atoms with Crippen molar-refractivity contribution in [3.63, 3.8) is 0 Å². The van der Waals surface area contributed by atoms with Crippen LogP contribution in [0.1, 0.15) is 23.9 Å². The van der Waals surface area contributed by atoms with E-state index in [2.05, 4.69) is 34.6 Å². The van der Waals surface area contributed by atoms with Crippen molar-refractivity contribution in [1.29, 1.82) is 0 Å². The summed E-state index contributed by atoms with van der Waals surface area (Å²) in [4.78, 5) is 0. The fraction of sp³-hybridized carbons (Fsp3) is 0.267. The summed E-state index contributed by atoms with van der Waals surface area (Å²) in [6.07, 6.45) is 2.68. The number of hydrogen-bond acceptors (Lipinski definition) is 3.